The number of rotatable bonds is 5. The summed E-state index contributed by atoms with van der Waals surface area (Å²) in [6, 6.07) is 4.20. The van der Waals surface area contributed by atoms with Crippen molar-refractivity contribution in [3.8, 4) is 0 Å². The van der Waals surface area contributed by atoms with E-state index < -0.39 is 14.9 Å². The number of aromatic nitrogens is 2. The van der Waals surface area contributed by atoms with Gasteiger partial charge in [-0.25, -0.2) is 8.42 Å². The first kappa shape index (κ1) is 18.8. The Hall–Kier alpha value is -2.02. The number of sulfonamides is 1. The first-order valence-corrected chi connectivity index (χ1v) is 10.1. The maximum atomic E-state index is 12.5. The average molecular weight is 420 g/mol. The number of carbonyl (C=O) groups excluding carboxylic acids is 1. The molecule has 2 aromatic heterocycles. The molecule has 0 saturated carbocycles. The van der Waals surface area contributed by atoms with Crippen molar-refractivity contribution >= 4 is 44.7 Å². The molecule has 0 N–H and O–H groups in total. The van der Waals surface area contributed by atoms with Crippen molar-refractivity contribution in [1.82, 2.24) is 19.0 Å². The van der Waals surface area contributed by atoms with E-state index in [1.807, 2.05) is 0 Å². The predicted octanol–water partition coefficient (Wildman–Crippen LogP) is 1.04. The summed E-state index contributed by atoms with van der Waals surface area (Å²) in [5.74, 6) is -0.609. The minimum absolute atomic E-state index is 0.138. The largest absolute Gasteiger partial charge is 0.389 e. The van der Waals surface area contributed by atoms with Gasteiger partial charge in [0.1, 0.15) is 10.8 Å². The van der Waals surface area contributed by atoms with Crippen LogP contribution in [-0.2, 0) is 21.4 Å². The summed E-state index contributed by atoms with van der Waals surface area (Å²) >= 11 is 6.79. The number of nitro groups is 1. The summed E-state index contributed by atoms with van der Waals surface area (Å²) in [6.07, 6.45) is 1.36. The van der Waals surface area contributed by atoms with E-state index in [4.69, 9.17) is 11.6 Å². The van der Waals surface area contributed by atoms with Gasteiger partial charge in [0.25, 0.3) is 10.0 Å². The van der Waals surface area contributed by atoms with Crippen molar-refractivity contribution in [3.05, 3.63) is 38.8 Å². The molecule has 1 amide bonds. The second kappa shape index (κ2) is 7.31. The number of amides is 1. The van der Waals surface area contributed by atoms with E-state index in [1.54, 1.807) is 0 Å². The lowest BCUT2D eigenvalue weighted by molar-refractivity contribution is -0.389. The zero-order valence-electron chi connectivity index (χ0n) is 13.3. The second-order valence-corrected chi connectivity index (χ2v) is 9.35. The summed E-state index contributed by atoms with van der Waals surface area (Å²) in [5.41, 5.74) is 0. The van der Waals surface area contributed by atoms with E-state index in [2.05, 4.69) is 5.10 Å². The van der Waals surface area contributed by atoms with Crippen LogP contribution < -0.4 is 0 Å². The number of halogens is 1. The van der Waals surface area contributed by atoms with Gasteiger partial charge < -0.3 is 15.0 Å². The molecule has 3 rings (SSSR count). The maximum Gasteiger partial charge on any atom is 0.389 e. The van der Waals surface area contributed by atoms with Gasteiger partial charge in [0.2, 0.25) is 5.91 Å². The molecular formula is C13H14ClN5O5S2. The number of nitrogens with zero attached hydrogens (tertiary/aromatic N) is 5. The molecule has 0 radical (unpaired) electrons. The smallest absolute Gasteiger partial charge is 0.358 e. The van der Waals surface area contributed by atoms with E-state index in [-0.39, 0.29) is 48.7 Å². The molecule has 1 aliphatic rings. The first-order valence-electron chi connectivity index (χ1n) is 7.48. The van der Waals surface area contributed by atoms with E-state index in [9.17, 15) is 23.3 Å². The summed E-state index contributed by atoms with van der Waals surface area (Å²) < 4.78 is 28.1. The molecule has 0 bridgehead atoms. The quantitative estimate of drug-likeness (QED) is 0.527. The fraction of sp³-hybridized carbons (Fsp3) is 0.385. The summed E-state index contributed by atoms with van der Waals surface area (Å²) in [5, 5.41) is 14.3. The number of hydrogen-bond donors (Lipinski definition) is 0. The molecule has 0 atom stereocenters. The predicted molar refractivity (Wildman–Crippen MR) is 93.5 cm³/mol. The number of piperazine rings is 1. The molecule has 1 fully saturated rings. The third kappa shape index (κ3) is 3.87. The van der Waals surface area contributed by atoms with Gasteiger partial charge in [0, 0.05) is 26.2 Å². The van der Waals surface area contributed by atoms with Crippen LogP contribution in [0.25, 0.3) is 0 Å². The van der Waals surface area contributed by atoms with Gasteiger partial charge in [-0.2, -0.15) is 8.99 Å². The molecule has 10 nitrogen and oxygen atoms in total. The first-order chi connectivity index (χ1) is 12.3. The highest BCUT2D eigenvalue weighted by atomic mass is 35.5. The van der Waals surface area contributed by atoms with Crippen LogP contribution >= 0.6 is 22.9 Å². The van der Waals surface area contributed by atoms with Crippen molar-refractivity contribution in [2.75, 3.05) is 26.2 Å². The van der Waals surface area contributed by atoms with E-state index >= 15 is 0 Å². The normalized spacial score (nSPS) is 16.0. The Labute approximate surface area is 157 Å². The molecule has 2 aromatic rings. The molecule has 0 aromatic carbocycles. The van der Waals surface area contributed by atoms with Crippen molar-refractivity contribution in [3.63, 3.8) is 0 Å². The number of hydrogen-bond acceptors (Lipinski definition) is 7. The highest BCUT2D eigenvalue weighted by molar-refractivity contribution is 7.91. The zero-order valence-corrected chi connectivity index (χ0v) is 15.7. The van der Waals surface area contributed by atoms with Crippen LogP contribution in [0.5, 0.6) is 0 Å². The Morgan fingerprint density at radius 3 is 2.50 bits per heavy atom. The third-order valence-corrected chi connectivity index (χ3v) is 7.44. The van der Waals surface area contributed by atoms with Crippen LogP contribution in [0, 0.1) is 10.1 Å². The second-order valence-electron chi connectivity index (χ2n) is 5.47. The van der Waals surface area contributed by atoms with E-state index in [1.165, 1.54) is 38.3 Å². The molecular weight excluding hydrogens is 406 g/mol. The SMILES string of the molecule is O=C(Cn1ccc([N+](=O)[O-])n1)N1CCN(S(=O)(=O)c2ccc(Cl)s2)CC1. The van der Waals surface area contributed by atoms with Gasteiger partial charge in [0.05, 0.1) is 21.7 Å². The monoisotopic (exact) mass is 419 g/mol. The van der Waals surface area contributed by atoms with Crippen LogP contribution in [0.4, 0.5) is 5.82 Å². The van der Waals surface area contributed by atoms with Gasteiger partial charge in [-0.1, -0.05) is 11.6 Å². The maximum absolute atomic E-state index is 12.5. The fourth-order valence-electron chi connectivity index (χ4n) is 2.52. The van der Waals surface area contributed by atoms with Crippen LogP contribution in [0.1, 0.15) is 0 Å². The highest BCUT2D eigenvalue weighted by Crippen LogP contribution is 2.28. The van der Waals surface area contributed by atoms with Gasteiger partial charge in [-0.05, 0) is 17.1 Å². The lowest BCUT2D eigenvalue weighted by Gasteiger charge is -2.33. The Kier molecular flexibility index (Phi) is 5.27. The summed E-state index contributed by atoms with van der Waals surface area (Å²) in [7, 11) is -3.62. The Bertz CT molecular complexity index is 932. The highest BCUT2D eigenvalue weighted by Gasteiger charge is 2.31. The standard InChI is InChI=1S/C13H14ClN5O5S2/c14-10-1-2-13(25-10)26(23,24)18-7-5-16(6-8-18)12(20)9-17-4-3-11(15-17)19(21)22/h1-4H,5-9H2. The molecule has 1 aliphatic heterocycles. The van der Waals surface area contributed by atoms with Crippen LogP contribution in [0.3, 0.4) is 0 Å². The van der Waals surface area contributed by atoms with Crippen LogP contribution in [0.15, 0.2) is 28.6 Å². The molecule has 1 saturated heterocycles. The summed E-state index contributed by atoms with van der Waals surface area (Å²) in [4.78, 5) is 23.8. The van der Waals surface area contributed by atoms with Gasteiger partial charge >= 0.3 is 5.82 Å². The molecule has 13 heteroatoms. The molecule has 3 heterocycles. The zero-order chi connectivity index (χ0) is 18.9. The topological polar surface area (TPSA) is 119 Å². The Morgan fingerprint density at radius 1 is 1.27 bits per heavy atom. The Balaban J connectivity index is 1.59. The number of carbonyl (C=O) groups is 1. The van der Waals surface area contributed by atoms with E-state index in [0.717, 1.165) is 11.3 Å². The minimum atomic E-state index is -3.62. The average Bonchev–Trinajstić information content (AvgIpc) is 3.24. The molecule has 140 valence electrons. The third-order valence-electron chi connectivity index (χ3n) is 3.84. The van der Waals surface area contributed by atoms with Crippen molar-refractivity contribution in [2.45, 2.75) is 10.8 Å². The molecule has 0 spiro atoms. The lowest BCUT2D eigenvalue weighted by Crippen LogP contribution is -2.51. The fourth-order valence-corrected chi connectivity index (χ4v) is 5.58. The van der Waals surface area contributed by atoms with Gasteiger partial charge in [0.15, 0.2) is 0 Å². The van der Waals surface area contributed by atoms with Crippen molar-refractivity contribution < 1.29 is 18.1 Å². The molecule has 0 unspecified atom stereocenters. The minimum Gasteiger partial charge on any atom is -0.358 e. The summed E-state index contributed by atoms with van der Waals surface area (Å²) in [6.45, 7) is 0.674. The lowest BCUT2D eigenvalue weighted by atomic mass is 10.3. The van der Waals surface area contributed by atoms with Crippen LogP contribution in [0.2, 0.25) is 4.34 Å². The van der Waals surface area contributed by atoms with Gasteiger partial charge in [-0.3, -0.25) is 4.79 Å². The molecule has 26 heavy (non-hydrogen) atoms. The number of thiophene rings is 1. The van der Waals surface area contributed by atoms with Crippen molar-refractivity contribution in [1.29, 1.82) is 0 Å². The van der Waals surface area contributed by atoms with Crippen molar-refractivity contribution in [2.24, 2.45) is 0 Å². The van der Waals surface area contributed by atoms with Crippen LogP contribution in [-0.4, -0.2) is 64.4 Å². The van der Waals surface area contributed by atoms with E-state index in [0.29, 0.717) is 4.34 Å². The Morgan fingerprint density at radius 2 is 1.96 bits per heavy atom. The molecule has 0 aliphatic carbocycles. The van der Waals surface area contributed by atoms with Gasteiger partial charge in [-0.15, -0.1) is 11.3 Å².